The van der Waals surface area contributed by atoms with E-state index in [1.807, 2.05) is 0 Å². The molecule has 8 heteroatoms. The van der Waals surface area contributed by atoms with Crippen molar-refractivity contribution in [1.29, 1.82) is 10.5 Å². The fraction of sp³-hybridized carbons (Fsp3) is 0.0435. The standard InChI is InChI=1S/C23H14N2O6/c24-14-28-19-10-6-16(7-11-19)21(26)30-23(18-4-2-1-3-5-18)31-22(27)17-8-12-20(13-9-17)29-15-25/h1-13,23H. The van der Waals surface area contributed by atoms with Gasteiger partial charge in [-0.25, -0.2) is 9.59 Å². The van der Waals surface area contributed by atoms with Gasteiger partial charge in [-0.15, -0.1) is 10.5 Å². The van der Waals surface area contributed by atoms with Crippen LogP contribution in [0.15, 0.2) is 78.9 Å². The van der Waals surface area contributed by atoms with Crippen LogP contribution in [-0.4, -0.2) is 11.9 Å². The van der Waals surface area contributed by atoms with Crippen molar-refractivity contribution in [3.8, 4) is 24.0 Å². The number of esters is 2. The van der Waals surface area contributed by atoms with E-state index >= 15 is 0 Å². The third-order valence-electron chi connectivity index (χ3n) is 4.01. The van der Waals surface area contributed by atoms with Gasteiger partial charge >= 0.3 is 11.9 Å². The van der Waals surface area contributed by atoms with Crippen molar-refractivity contribution in [1.82, 2.24) is 0 Å². The summed E-state index contributed by atoms with van der Waals surface area (Å²) in [6, 6.07) is 20.0. The van der Waals surface area contributed by atoms with Gasteiger partial charge in [0.1, 0.15) is 11.5 Å². The van der Waals surface area contributed by atoms with E-state index in [9.17, 15) is 9.59 Å². The predicted molar refractivity (Wildman–Crippen MR) is 105 cm³/mol. The molecule has 0 saturated carbocycles. The summed E-state index contributed by atoms with van der Waals surface area (Å²) < 4.78 is 20.2. The molecule has 0 spiro atoms. The molecule has 31 heavy (non-hydrogen) atoms. The van der Waals surface area contributed by atoms with Crippen LogP contribution in [0.4, 0.5) is 0 Å². The third kappa shape index (κ3) is 5.59. The van der Waals surface area contributed by atoms with Crippen molar-refractivity contribution in [3.05, 3.63) is 95.6 Å². The van der Waals surface area contributed by atoms with E-state index in [1.54, 1.807) is 30.3 Å². The van der Waals surface area contributed by atoms with Gasteiger partial charge in [0.2, 0.25) is 0 Å². The quantitative estimate of drug-likeness (QED) is 0.322. The smallest absolute Gasteiger partial charge is 0.341 e. The Hall–Kier alpha value is -4.82. The molecule has 0 aliphatic carbocycles. The average molecular weight is 414 g/mol. The summed E-state index contributed by atoms with van der Waals surface area (Å²) >= 11 is 0. The van der Waals surface area contributed by atoms with Crippen molar-refractivity contribution in [3.63, 3.8) is 0 Å². The SMILES string of the molecule is N#COc1ccc(C(=O)OC(OC(=O)c2ccc(OC#N)cc2)c2ccccc2)cc1. The largest absolute Gasteiger partial charge is 0.417 e. The van der Waals surface area contributed by atoms with Crippen molar-refractivity contribution in [2.75, 3.05) is 0 Å². The molecule has 0 aliphatic rings. The van der Waals surface area contributed by atoms with Gasteiger partial charge in [-0.3, -0.25) is 0 Å². The van der Waals surface area contributed by atoms with Crippen molar-refractivity contribution < 1.29 is 28.5 Å². The minimum Gasteiger partial charge on any atom is -0.417 e. The number of carbonyl (C=O) groups is 2. The zero-order valence-corrected chi connectivity index (χ0v) is 15.9. The Bertz CT molecular complexity index is 1060. The van der Waals surface area contributed by atoms with Crippen molar-refractivity contribution in [2.24, 2.45) is 0 Å². The number of rotatable bonds is 7. The summed E-state index contributed by atoms with van der Waals surface area (Å²) in [6.07, 6.45) is 1.77. The molecule has 0 radical (unpaired) electrons. The topological polar surface area (TPSA) is 119 Å². The molecule has 0 saturated heterocycles. The summed E-state index contributed by atoms with van der Waals surface area (Å²) in [4.78, 5) is 25.1. The minimum atomic E-state index is -1.30. The predicted octanol–water partition coefficient (Wildman–Crippen LogP) is 4.12. The third-order valence-corrected chi connectivity index (χ3v) is 4.01. The van der Waals surface area contributed by atoms with E-state index in [-0.39, 0.29) is 22.6 Å². The van der Waals surface area contributed by atoms with Gasteiger partial charge in [-0.1, -0.05) is 30.3 Å². The first-order valence-corrected chi connectivity index (χ1v) is 8.89. The van der Waals surface area contributed by atoms with Gasteiger partial charge in [-0.05, 0) is 48.5 Å². The van der Waals surface area contributed by atoms with E-state index < -0.39 is 18.2 Å². The Kier molecular flexibility index (Phi) is 6.81. The fourth-order valence-electron chi connectivity index (χ4n) is 2.52. The van der Waals surface area contributed by atoms with Crippen LogP contribution in [0.3, 0.4) is 0 Å². The van der Waals surface area contributed by atoms with E-state index in [4.69, 9.17) is 20.0 Å². The molecule has 0 aliphatic heterocycles. The lowest BCUT2D eigenvalue weighted by Crippen LogP contribution is -2.18. The average Bonchev–Trinajstić information content (AvgIpc) is 2.80. The molecular weight excluding hydrogens is 400 g/mol. The molecular formula is C23H14N2O6. The fourth-order valence-corrected chi connectivity index (χ4v) is 2.52. The molecule has 8 nitrogen and oxygen atoms in total. The van der Waals surface area contributed by atoms with Crippen LogP contribution in [0, 0.1) is 23.0 Å². The molecule has 0 atom stereocenters. The second-order valence-electron chi connectivity index (χ2n) is 5.99. The van der Waals surface area contributed by atoms with Crippen molar-refractivity contribution in [2.45, 2.75) is 6.29 Å². The van der Waals surface area contributed by atoms with Gasteiger partial charge in [0.05, 0.1) is 11.1 Å². The first kappa shape index (κ1) is 20.9. The summed E-state index contributed by atoms with van der Waals surface area (Å²) in [5, 5.41) is 17.1. The highest BCUT2D eigenvalue weighted by atomic mass is 16.7. The first-order valence-electron chi connectivity index (χ1n) is 8.89. The Labute approximate surface area is 177 Å². The van der Waals surface area contributed by atoms with Gasteiger partial charge in [-0.2, -0.15) is 0 Å². The monoisotopic (exact) mass is 414 g/mol. The van der Waals surface area contributed by atoms with Crippen LogP contribution in [0.25, 0.3) is 0 Å². The van der Waals surface area contributed by atoms with E-state index in [0.29, 0.717) is 5.56 Å². The number of nitrogens with zero attached hydrogens (tertiary/aromatic N) is 2. The Morgan fingerprint density at radius 1 is 0.645 bits per heavy atom. The van der Waals surface area contributed by atoms with E-state index in [1.165, 1.54) is 61.0 Å². The highest BCUT2D eigenvalue weighted by Gasteiger charge is 2.23. The highest BCUT2D eigenvalue weighted by Crippen LogP contribution is 2.24. The minimum absolute atomic E-state index is 0.181. The van der Waals surface area contributed by atoms with Crippen LogP contribution < -0.4 is 9.47 Å². The molecule has 3 aromatic rings. The lowest BCUT2D eigenvalue weighted by Gasteiger charge is -2.19. The summed E-state index contributed by atoms with van der Waals surface area (Å²) in [7, 11) is 0. The molecule has 0 bridgehead atoms. The van der Waals surface area contributed by atoms with Crippen LogP contribution >= 0.6 is 0 Å². The van der Waals surface area contributed by atoms with Crippen LogP contribution in [-0.2, 0) is 9.47 Å². The normalized spacial score (nSPS) is 9.77. The summed E-state index contributed by atoms with van der Waals surface area (Å²) in [6.45, 7) is 0. The molecule has 0 amide bonds. The van der Waals surface area contributed by atoms with Crippen molar-refractivity contribution >= 4 is 11.9 Å². The van der Waals surface area contributed by atoms with Gasteiger partial charge < -0.3 is 18.9 Å². The molecule has 0 N–H and O–H groups in total. The molecule has 3 rings (SSSR count). The molecule has 3 aromatic carbocycles. The zero-order chi connectivity index (χ0) is 22.1. The summed E-state index contributed by atoms with van der Waals surface area (Å²) in [5.41, 5.74) is 0.818. The number of carbonyl (C=O) groups excluding carboxylic acids is 2. The first-order chi connectivity index (χ1) is 15.1. The number of hydrogen-bond donors (Lipinski definition) is 0. The van der Waals surface area contributed by atoms with Gasteiger partial charge in [0, 0.05) is 5.56 Å². The number of hydrogen-bond acceptors (Lipinski definition) is 8. The molecule has 0 unspecified atom stereocenters. The Morgan fingerprint density at radius 3 is 1.45 bits per heavy atom. The van der Waals surface area contributed by atoms with Crippen LogP contribution in [0.2, 0.25) is 0 Å². The number of nitriles is 2. The summed E-state index contributed by atoms with van der Waals surface area (Å²) in [5.74, 6) is -0.923. The van der Waals surface area contributed by atoms with E-state index in [0.717, 1.165) is 0 Å². The van der Waals surface area contributed by atoms with Crippen LogP contribution in [0.5, 0.6) is 11.5 Å². The van der Waals surface area contributed by atoms with Gasteiger partial charge in [0.15, 0.2) is 0 Å². The highest BCUT2D eigenvalue weighted by molar-refractivity contribution is 5.91. The number of ether oxygens (including phenoxy) is 4. The Balaban J connectivity index is 1.77. The van der Waals surface area contributed by atoms with E-state index in [2.05, 4.69) is 9.47 Å². The number of benzene rings is 3. The van der Waals surface area contributed by atoms with Gasteiger partial charge in [0.25, 0.3) is 18.8 Å². The maximum Gasteiger partial charge on any atom is 0.341 e. The molecule has 152 valence electrons. The maximum atomic E-state index is 12.6. The Morgan fingerprint density at radius 2 is 1.06 bits per heavy atom. The lowest BCUT2D eigenvalue weighted by molar-refractivity contribution is -0.0823. The molecule has 0 heterocycles. The molecule has 0 aromatic heterocycles. The maximum absolute atomic E-state index is 12.6. The van der Waals surface area contributed by atoms with Crippen LogP contribution in [0.1, 0.15) is 32.6 Å². The molecule has 0 fully saturated rings. The second-order valence-corrected chi connectivity index (χ2v) is 5.99. The zero-order valence-electron chi connectivity index (χ0n) is 15.9. The second kappa shape index (κ2) is 10.1. The lowest BCUT2D eigenvalue weighted by atomic mass is 10.2.